The Morgan fingerprint density at radius 3 is 2.72 bits per heavy atom. The first-order chi connectivity index (χ1) is 12.1. The van der Waals surface area contributed by atoms with Gasteiger partial charge in [0.1, 0.15) is 5.75 Å². The number of ether oxygens (including phenoxy) is 1. The molecule has 0 aliphatic heterocycles. The van der Waals surface area contributed by atoms with Crippen LogP contribution in [0.1, 0.15) is 16.7 Å². The van der Waals surface area contributed by atoms with E-state index in [1.807, 2.05) is 49.4 Å². The molecule has 0 spiro atoms. The second-order valence-corrected chi connectivity index (χ2v) is 5.92. The van der Waals surface area contributed by atoms with Crippen molar-refractivity contribution in [2.24, 2.45) is 0 Å². The van der Waals surface area contributed by atoms with Crippen molar-refractivity contribution in [2.45, 2.75) is 20.4 Å². The molecule has 0 aliphatic carbocycles. The number of methoxy groups -OCH3 is 1. The minimum absolute atomic E-state index is 0.173. The summed E-state index contributed by atoms with van der Waals surface area (Å²) < 4.78 is 6.82. The Kier molecular flexibility index (Phi) is 4.84. The number of hydrogen-bond acceptors (Lipinski definition) is 4. The van der Waals surface area contributed by atoms with E-state index in [2.05, 4.69) is 17.2 Å². The molecular weight excluding hydrogens is 314 g/mol. The molecule has 1 N–H and O–H groups in total. The lowest BCUT2D eigenvalue weighted by molar-refractivity contribution is 0.414. The monoisotopic (exact) mass is 335 g/mol. The Bertz CT molecular complexity index is 948. The summed E-state index contributed by atoms with van der Waals surface area (Å²) in [6.07, 6.45) is 3.31. The molecule has 25 heavy (non-hydrogen) atoms. The largest absolute Gasteiger partial charge is 0.497 e. The molecule has 0 fully saturated rings. The molecule has 0 bridgehead atoms. The summed E-state index contributed by atoms with van der Waals surface area (Å²) in [7, 11) is 1.63. The molecule has 5 nitrogen and oxygen atoms in total. The van der Waals surface area contributed by atoms with Crippen molar-refractivity contribution in [1.29, 1.82) is 0 Å². The van der Waals surface area contributed by atoms with Crippen molar-refractivity contribution >= 4 is 5.82 Å². The van der Waals surface area contributed by atoms with Crippen molar-refractivity contribution in [3.8, 4) is 11.4 Å². The number of hydrogen-bond donors (Lipinski definition) is 1. The van der Waals surface area contributed by atoms with E-state index in [4.69, 9.17) is 4.74 Å². The molecule has 0 saturated carbocycles. The van der Waals surface area contributed by atoms with Crippen LogP contribution in [0.25, 0.3) is 5.69 Å². The maximum Gasteiger partial charge on any atom is 0.297 e. The molecule has 1 heterocycles. The van der Waals surface area contributed by atoms with Gasteiger partial charge in [0.05, 0.1) is 7.11 Å². The van der Waals surface area contributed by atoms with Crippen LogP contribution in [0.2, 0.25) is 0 Å². The number of nitrogens with zero attached hydrogens (tertiary/aromatic N) is 2. The molecule has 0 saturated heterocycles. The highest BCUT2D eigenvalue weighted by Crippen LogP contribution is 2.14. The third kappa shape index (κ3) is 3.71. The van der Waals surface area contributed by atoms with Crippen LogP contribution in [0.5, 0.6) is 5.75 Å². The molecule has 2 aromatic carbocycles. The standard InChI is InChI=1S/C20H21N3O2/c1-14-7-8-17(11-15(14)2)23-10-9-21-19(20(23)24)22-13-16-5-4-6-18(12-16)25-3/h4-12H,13H2,1-3H3,(H,21,22). The van der Waals surface area contributed by atoms with Crippen LogP contribution < -0.4 is 15.6 Å². The molecule has 3 aromatic rings. The lowest BCUT2D eigenvalue weighted by Crippen LogP contribution is -2.23. The molecule has 0 aliphatic rings. The van der Waals surface area contributed by atoms with Crippen molar-refractivity contribution in [3.05, 3.63) is 81.9 Å². The van der Waals surface area contributed by atoms with E-state index in [1.165, 1.54) is 5.56 Å². The molecule has 128 valence electrons. The Labute approximate surface area is 146 Å². The number of aryl methyl sites for hydroxylation is 2. The van der Waals surface area contributed by atoms with Gasteiger partial charge < -0.3 is 10.1 Å². The third-order valence-corrected chi connectivity index (χ3v) is 4.20. The predicted molar refractivity (Wildman–Crippen MR) is 99.6 cm³/mol. The Morgan fingerprint density at radius 2 is 1.96 bits per heavy atom. The average molecular weight is 335 g/mol. The SMILES string of the molecule is COc1cccc(CNc2nccn(-c3ccc(C)c(C)c3)c2=O)c1. The summed E-state index contributed by atoms with van der Waals surface area (Å²) in [5.74, 6) is 1.11. The normalized spacial score (nSPS) is 10.5. The van der Waals surface area contributed by atoms with Gasteiger partial charge in [-0.25, -0.2) is 4.98 Å². The zero-order valence-electron chi connectivity index (χ0n) is 14.6. The van der Waals surface area contributed by atoms with Crippen LogP contribution in [-0.2, 0) is 6.54 Å². The van der Waals surface area contributed by atoms with Crippen LogP contribution in [-0.4, -0.2) is 16.7 Å². The molecule has 5 heteroatoms. The average Bonchev–Trinajstić information content (AvgIpc) is 2.63. The van der Waals surface area contributed by atoms with Gasteiger partial charge in [-0.05, 0) is 54.8 Å². The van der Waals surface area contributed by atoms with E-state index in [-0.39, 0.29) is 5.56 Å². The van der Waals surface area contributed by atoms with Gasteiger partial charge >= 0.3 is 0 Å². The zero-order chi connectivity index (χ0) is 17.8. The molecule has 0 unspecified atom stereocenters. The lowest BCUT2D eigenvalue weighted by atomic mass is 10.1. The van der Waals surface area contributed by atoms with Crippen molar-refractivity contribution in [2.75, 3.05) is 12.4 Å². The van der Waals surface area contributed by atoms with E-state index in [9.17, 15) is 4.79 Å². The Morgan fingerprint density at radius 1 is 1.12 bits per heavy atom. The van der Waals surface area contributed by atoms with Gasteiger partial charge in [-0.3, -0.25) is 9.36 Å². The topological polar surface area (TPSA) is 56.1 Å². The molecule has 3 rings (SSSR count). The van der Waals surface area contributed by atoms with Crippen LogP contribution in [0.4, 0.5) is 5.82 Å². The number of rotatable bonds is 5. The summed E-state index contributed by atoms with van der Waals surface area (Å²) in [5.41, 5.74) is 4.02. The van der Waals surface area contributed by atoms with Gasteiger partial charge in [0.25, 0.3) is 5.56 Å². The van der Waals surface area contributed by atoms with Crippen molar-refractivity contribution < 1.29 is 4.74 Å². The zero-order valence-corrected chi connectivity index (χ0v) is 14.6. The number of aromatic nitrogens is 2. The minimum atomic E-state index is -0.173. The fraction of sp³-hybridized carbons (Fsp3) is 0.200. The summed E-state index contributed by atoms with van der Waals surface area (Å²) in [4.78, 5) is 16.9. The fourth-order valence-corrected chi connectivity index (χ4v) is 2.58. The summed E-state index contributed by atoms with van der Waals surface area (Å²) in [5, 5.41) is 3.12. The predicted octanol–water partition coefficient (Wildman–Crippen LogP) is 3.47. The third-order valence-electron chi connectivity index (χ3n) is 4.20. The van der Waals surface area contributed by atoms with Gasteiger partial charge in [-0.15, -0.1) is 0 Å². The van der Waals surface area contributed by atoms with Gasteiger partial charge in [-0.1, -0.05) is 18.2 Å². The highest BCUT2D eigenvalue weighted by atomic mass is 16.5. The fourth-order valence-electron chi connectivity index (χ4n) is 2.58. The van der Waals surface area contributed by atoms with Crippen LogP contribution >= 0.6 is 0 Å². The van der Waals surface area contributed by atoms with Gasteiger partial charge in [0.2, 0.25) is 0 Å². The van der Waals surface area contributed by atoms with Gasteiger partial charge in [0, 0.05) is 24.6 Å². The maximum absolute atomic E-state index is 12.7. The van der Waals surface area contributed by atoms with E-state index >= 15 is 0 Å². The second-order valence-electron chi connectivity index (χ2n) is 5.92. The highest BCUT2D eigenvalue weighted by molar-refractivity contribution is 5.43. The first-order valence-corrected chi connectivity index (χ1v) is 8.10. The van der Waals surface area contributed by atoms with Gasteiger partial charge in [0.15, 0.2) is 5.82 Å². The molecule has 0 amide bonds. The van der Waals surface area contributed by atoms with E-state index in [0.717, 1.165) is 22.6 Å². The van der Waals surface area contributed by atoms with E-state index in [1.54, 1.807) is 24.1 Å². The summed E-state index contributed by atoms with van der Waals surface area (Å²) in [6, 6.07) is 13.7. The number of benzene rings is 2. The van der Waals surface area contributed by atoms with E-state index < -0.39 is 0 Å². The van der Waals surface area contributed by atoms with Crippen molar-refractivity contribution in [3.63, 3.8) is 0 Å². The summed E-state index contributed by atoms with van der Waals surface area (Å²) >= 11 is 0. The number of nitrogens with one attached hydrogen (secondary N) is 1. The van der Waals surface area contributed by atoms with E-state index in [0.29, 0.717) is 12.4 Å². The maximum atomic E-state index is 12.7. The first kappa shape index (κ1) is 16.8. The Balaban J connectivity index is 1.85. The first-order valence-electron chi connectivity index (χ1n) is 8.10. The molecule has 1 aromatic heterocycles. The minimum Gasteiger partial charge on any atom is -0.497 e. The molecule has 0 radical (unpaired) electrons. The van der Waals surface area contributed by atoms with Crippen molar-refractivity contribution in [1.82, 2.24) is 9.55 Å². The highest BCUT2D eigenvalue weighted by Gasteiger charge is 2.07. The number of anilines is 1. The smallest absolute Gasteiger partial charge is 0.297 e. The molecular formula is C20H21N3O2. The Hall–Kier alpha value is -3.08. The van der Waals surface area contributed by atoms with Crippen LogP contribution in [0.15, 0.2) is 59.7 Å². The lowest BCUT2D eigenvalue weighted by Gasteiger charge is -2.11. The summed E-state index contributed by atoms with van der Waals surface area (Å²) in [6.45, 7) is 4.58. The van der Waals surface area contributed by atoms with Crippen LogP contribution in [0, 0.1) is 13.8 Å². The second kappa shape index (κ2) is 7.21. The van der Waals surface area contributed by atoms with Crippen LogP contribution in [0.3, 0.4) is 0 Å². The quantitative estimate of drug-likeness (QED) is 0.776. The molecule has 0 atom stereocenters. The van der Waals surface area contributed by atoms with Gasteiger partial charge in [-0.2, -0.15) is 0 Å².